The van der Waals surface area contributed by atoms with Gasteiger partial charge in [0.15, 0.2) is 0 Å². The van der Waals surface area contributed by atoms with Crippen molar-refractivity contribution in [1.82, 2.24) is 16.2 Å². The Morgan fingerprint density at radius 1 is 1.16 bits per heavy atom. The summed E-state index contributed by atoms with van der Waals surface area (Å²) in [7, 11) is 0. The Balaban J connectivity index is 2.79. The summed E-state index contributed by atoms with van der Waals surface area (Å²) < 4.78 is 5.28. The first-order valence-electron chi connectivity index (χ1n) is 5.78. The fourth-order valence-corrected chi connectivity index (χ4v) is 1.81. The van der Waals surface area contributed by atoms with E-state index in [0.29, 0.717) is 0 Å². The molecule has 19 heavy (non-hydrogen) atoms. The summed E-state index contributed by atoms with van der Waals surface area (Å²) in [5.74, 6) is -0.830. The van der Waals surface area contributed by atoms with Crippen LogP contribution in [0.5, 0.6) is 0 Å². The van der Waals surface area contributed by atoms with Crippen molar-refractivity contribution in [2.75, 3.05) is 6.61 Å². The van der Waals surface area contributed by atoms with Gasteiger partial charge in [-0.15, -0.1) is 0 Å². The van der Waals surface area contributed by atoms with Crippen LogP contribution in [0.25, 0.3) is 0 Å². The van der Waals surface area contributed by atoms with Gasteiger partial charge in [0, 0.05) is 13.8 Å². The minimum atomic E-state index is -1.35. The van der Waals surface area contributed by atoms with Gasteiger partial charge in [0.1, 0.15) is 24.5 Å². The third kappa shape index (κ3) is 4.11. The van der Waals surface area contributed by atoms with Crippen molar-refractivity contribution in [2.24, 2.45) is 0 Å². The van der Waals surface area contributed by atoms with E-state index in [1.54, 1.807) is 0 Å². The van der Waals surface area contributed by atoms with Crippen LogP contribution in [0.4, 0.5) is 0 Å². The van der Waals surface area contributed by atoms with Crippen LogP contribution in [-0.4, -0.2) is 64.3 Å². The minimum absolute atomic E-state index is 0.397. The van der Waals surface area contributed by atoms with E-state index in [0.717, 1.165) is 0 Å². The normalized spacial score (nSPS) is 34.7. The minimum Gasteiger partial charge on any atom is -0.394 e. The molecule has 0 aliphatic carbocycles. The number of carbonyl (C=O) groups is 2. The van der Waals surface area contributed by atoms with Gasteiger partial charge in [-0.2, -0.15) is 0 Å². The van der Waals surface area contributed by atoms with Crippen LogP contribution in [0, 0.1) is 0 Å². The van der Waals surface area contributed by atoms with Crippen molar-refractivity contribution in [3.05, 3.63) is 0 Å². The summed E-state index contributed by atoms with van der Waals surface area (Å²) in [6.45, 7) is 1.99. The van der Waals surface area contributed by atoms with Gasteiger partial charge in [-0.3, -0.25) is 15.0 Å². The van der Waals surface area contributed by atoms with E-state index in [2.05, 4.69) is 16.2 Å². The van der Waals surface area contributed by atoms with Crippen molar-refractivity contribution in [2.45, 2.75) is 44.4 Å². The second-order valence-corrected chi connectivity index (χ2v) is 4.31. The molecule has 1 fully saturated rings. The first kappa shape index (κ1) is 15.8. The third-order valence-corrected chi connectivity index (χ3v) is 2.69. The number of hydrogen-bond acceptors (Lipinski definition) is 7. The molecule has 5 atom stereocenters. The van der Waals surface area contributed by atoms with Crippen LogP contribution in [0.1, 0.15) is 13.8 Å². The van der Waals surface area contributed by atoms with E-state index in [4.69, 9.17) is 9.84 Å². The zero-order valence-electron chi connectivity index (χ0n) is 10.7. The Morgan fingerprint density at radius 2 is 1.79 bits per heavy atom. The van der Waals surface area contributed by atoms with Crippen LogP contribution >= 0.6 is 0 Å². The quantitative estimate of drug-likeness (QED) is 0.294. The number of hydrogen-bond donors (Lipinski definition) is 6. The van der Waals surface area contributed by atoms with Crippen molar-refractivity contribution in [3.8, 4) is 0 Å². The predicted octanol–water partition coefficient (Wildman–Crippen LogP) is -3.43. The van der Waals surface area contributed by atoms with Crippen LogP contribution < -0.4 is 16.2 Å². The molecule has 1 aliphatic heterocycles. The Kier molecular flexibility index (Phi) is 5.63. The molecule has 0 aromatic heterocycles. The molecule has 1 saturated heterocycles. The molecule has 6 N–H and O–H groups in total. The van der Waals surface area contributed by atoms with Gasteiger partial charge in [0.2, 0.25) is 11.8 Å². The number of aliphatic hydroxyl groups is 3. The lowest BCUT2D eigenvalue weighted by Gasteiger charge is -2.42. The second-order valence-electron chi connectivity index (χ2n) is 4.31. The monoisotopic (exact) mass is 277 g/mol. The smallest absolute Gasteiger partial charge is 0.231 e. The maximum Gasteiger partial charge on any atom is 0.231 e. The highest BCUT2D eigenvalue weighted by Crippen LogP contribution is 2.19. The van der Waals surface area contributed by atoms with Gasteiger partial charge in [-0.05, 0) is 0 Å². The van der Waals surface area contributed by atoms with Gasteiger partial charge < -0.3 is 25.4 Å². The first-order valence-corrected chi connectivity index (χ1v) is 5.78. The van der Waals surface area contributed by atoms with Crippen molar-refractivity contribution in [3.63, 3.8) is 0 Å². The average molecular weight is 277 g/mol. The lowest BCUT2D eigenvalue weighted by atomic mass is 9.96. The van der Waals surface area contributed by atoms with Crippen LogP contribution in [0.3, 0.4) is 0 Å². The van der Waals surface area contributed by atoms with E-state index < -0.39 is 49.0 Å². The van der Waals surface area contributed by atoms with Gasteiger partial charge in [-0.1, -0.05) is 0 Å². The predicted molar refractivity (Wildman–Crippen MR) is 62.3 cm³/mol. The Bertz CT molecular complexity index is 339. The van der Waals surface area contributed by atoms with E-state index in [9.17, 15) is 19.8 Å². The van der Waals surface area contributed by atoms with Crippen LogP contribution in [0.15, 0.2) is 0 Å². The van der Waals surface area contributed by atoms with Gasteiger partial charge in [0.05, 0.1) is 12.6 Å². The second kappa shape index (κ2) is 6.78. The van der Waals surface area contributed by atoms with E-state index in [1.165, 1.54) is 13.8 Å². The summed E-state index contributed by atoms with van der Waals surface area (Å²) in [4.78, 5) is 21.9. The summed E-state index contributed by atoms with van der Waals surface area (Å²) in [5.41, 5.74) is 4.73. The highest BCUT2D eigenvalue weighted by molar-refractivity contribution is 5.73. The highest BCUT2D eigenvalue weighted by Gasteiger charge is 2.44. The first-order chi connectivity index (χ1) is 8.86. The summed E-state index contributed by atoms with van der Waals surface area (Å²) in [5, 5.41) is 31.1. The Labute approximate surface area is 109 Å². The fraction of sp³-hybridized carbons (Fsp3) is 0.800. The number of amides is 2. The van der Waals surface area contributed by atoms with E-state index >= 15 is 0 Å². The molecule has 1 heterocycles. The molecule has 0 aromatic carbocycles. The third-order valence-electron chi connectivity index (χ3n) is 2.69. The molecule has 1 rings (SSSR count). The number of hydrazine groups is 1. The molecule has 2 amide bonds. The Morgan fingerprint density at radius 3 is 2.26 bits per heavy atom. The summed E-state index contributed by atoms with van der Waals surface area (Å²) in [6, 6.07) is -0.970. The van der Waals surface area contributed by atoms with Crippen molar-refractivity contribution in [1.29, 1.82) is 0 Å². The Hall–Kier alpha value is -1.26. The average Bonchev–Trinajstić information content (AvgIpc) is 2.33. The topological polar surface area (TPSA) is 140 Å². The standard InChI is InChI=1S/C10H19N3O6/c1-4(15)11-7-9(18)8(17)6(3-14)19-10(7)13-12-5(2)16/h6-10,13-14,17-18H,3H2,1-2H3,(H,11,15)(H,12,16)/t6-,7+,8-,9-,10-/m1/s1. The molecule has 0 bridgehead atoms. The molecule has 9 nitrogen and oxygen atoms in total. The molecule has 9 heteroatoms. The van der Waals surface area contributed by atoms with Crippen molar-refractivity contribution < 1.29 is 29.6 Å². The maximum absolute atomic E-state index is 11.1. The summed E-state index contributed by atoms with van der Waals surface area (Å²) >= 11 is 0. The van der Waals surface area contributed by atoms with E-state index in [1.807, 2.05) is 0 Å². The van der Waals surface area contributed by atoms with Crippen LogP contribution in [0.2, 0.25) is 0 Å². The lowest BCUT2D eigenvalue weighted by Crippen LogP contribution is -2.69. The number of aliphatic hydroxyl groups excluding tert-OH is 3. The molecule has 1 aliphatic rings. The zero-order chi connectivity index (χ0) is 14.6. The SMILES string of the molecule is CC(=O)NN[C@@H]1O[C@H](CO)[C@@H](O)[C@H](O)[C@@H]1NC(C)=O. The van der Waals surface area contributed by atoms with Crippen molar-refractivity contribution >= 4 is 11.8 Å². The van der Waals surface area contributed by atoms with Gasteiger partial charge in [0.25, 0.3) is 0 Å². The molecule has 110 valence electrons. The number of nitrogens with one attached hydrogen (secondary N) is 3. The fourth-order valence-electron chi connectivity index (χ4n) is 1.81. The van der Waals surface area contributed by atoms with Gasteiger partial charge in [-0.25, -0.2) is 5.43 Å². The molecule has 0 radical (unpaired) electrons. The lowest BCUT2D eigenvalue weighted by molar-refractivity contribution is -0.205. The maximum atomic E-state index is 11.1. The molecular weight excluding hydrogens is 258 g/mol. The van der Waals surface area contributed by atoms with Crippen LogP contribution in [-0.2, 0) is 14.3 Å². The van der Waals surface area contributed by atoms with Gasteiger partial charge >= 0.3 is 0 Å². The molecule has 0 aromatic rings. The molecule has 0 spiro atoms. The highest BCUT2D eigenvalue weighted by atomic mass is 16.5. The largest absolute Gasteiger partial charge is 0.394 e. The molecule has 0 saturated carbocycles. The molecule has 0 unspecified atom stereocenters. The number of ether oxygens (including phenoxy) is 1. The summed E-state index contributed by atoms with van der Waals surface area (Å²) in [6.07, 6.45) is -4.70. The zero-order valence-corrected chi connectivity index (χ0v) is 10.7. The number of carbonyl (C=O) groups excluding carboxylic acids is 2. The molecular formula is C10H19N3O6. The number of rotatable bonds is 4. The van der Waals surface area contributed by atoms with E-state index in [-0.39, 0.29) is 0 Å².